The Labute approximate surface area is 135 Å². The summed E-state index contributed by atoms with van der Waals surface area (Å²) in [6.45, 7) is 13.5. The van der Waals surface area contributed by atoms with Crippen molar-refractivity contribution in [1.82, 2.24) is 0 Å². The van der Waals surface area contributed by atoms with E-state index >= 15 is 0 Å². The first-order chi connectivity index (χ1) is 10.1. The lowest BCUT2D eigenvalue weighted by molar-refractivity contribution is 0.468. The van der Waals surface area contributed by atoms with Crippen molar-refractivity contribution in [3.63, 3.8) is 0 Å². The van der Waals surface area contributed by atoms with Gasteiger partial charge in [0, 0.05) is 6.42 Å². The molecule has 0 radical (unpaired) electrons. The lowest BCUT2D eigenvalue weighted by Gasteiger charge is -2.30. The molecule has 0 aliphatic carbocycles. The van der Waals surface area contributed by atoms with E-state index in [1.165, 1.54) is 16.7 Å². The molecule has 22 heavy (non-hydrogen) atoms. The summed E-state index contributed by atoms with van der Waals surface area (Å²) in [7, 11) is 0. The summed E-state index contributed by atoms with van der Waals surface area (Å²) in [5.74, 6) is 0.381. The Hall–Kier alpha value is -1.76. The van der Waals surface area contributed by atoms with E-state index in [9.17, 15) is 5.11 Å². The van der Waals surface area contributed by atoms with E-state index < -0.39 is 0 Å². The molecule has 0 heterocycles. The fourth-order valence-corrected chi connectivity index (χ4v) is 3.03. The number of hydrogen-bond acceptors (Lipinski definition) is 1. The molecule has 0 saturated heterocycles. The minimum absolute atomic E-state index is 0.0843. The first-order valence-corrected chi connectivity index (χ1v) is 8.00. The van der Waals surface area contributed by atoms with Crippen LogP contribution in [0, 0.1) is 0 Å². The fraction of sp³-hybridized carbons (Fsp3) is 0.429. The second-order valence-electron chi connectivity index (χ2n) is 8.14. The number of hydrogen-bond donors (Lipinski definition) is 1. The summed E-state index contributed by atoms with van der Waals surface area (Å²) < 4.78 is 0. The predicted molar refractivity (Wildman–Crippen MR) is 94.8 cm³/mol. The average Bonchev–Trinajstić information content (AvgIpc) is 2.39. The molecule has 0 saturated carbocycles. The third-order valence-corrected chi connectivity index (χ3v) is 4.15. The van der Waals surface area contributed by atoms with Crippen LogP contribution in [-0.4, -0.2) is 5.11 Å². The van der Waals surface area contributed by atoms with Gasteiger partial charge in [0.1, 0.15) is 5.75 Å². The molecule has 1 N–H and O–H groups in total. The molecule has 2 aromatic carbocycles. The molecule has 0 unspecified atom stereocenters. The Kier molecular flexibility index (Phi) is 4.37. The van der Waals surface area contributed by atoms with E-state index in [0.717, 1.165) is 12.0 Å². The number of phenols is 1. The van der Waals surface area contributed by atoms with Gasteiger partial charge in [-0.25, -0.2) is 0 Å². The average molecular weight is 296 g/mol. The quantitative estimate of drug-likeness (QED) is 0.767. The van der Waals surface area contributed by atoms with E-state index in [0.29, 0.717) is 5.75 Å². The minimum Gasteiger partial charge on any atom is -0.508 e. The zero-order chi connectivity index (χ0) is 16.5. The van der Waals surface area contributed by atoms with E-state index in [1.807, 2.05) is 18.2 Å². The summed E-state index contributed by atoms with van der Waals surface area (Å²) in [6.07, 6.45) is 0.771. The van der Waals surface area contributed by atoms with Crippen LogP contribution < -0.4 is 0 Å². The van der Waals surface area contributed by atoms with Gasteiger partial charge in [0.05, 0.1) is 0 Å². The second kappa shape index (κ2) is 5.79. The Balaban J connectivity index is 2.63. The number of benzene rings is 2. The Morgan fingerprint density at radius 1 is 0.727 bits per heavy atom. The Morgan fingerprint density at radius 2 is 1.23 bits per heavy atom. The van der Waals surface area contributed by atoms with Crippen molar-refractivity contribution in [1.29, 1.82) is 0 Å². The lowest BCUT2D eigenvalue weighted by Crippen LogP contribution is -2.21. The summed E-state index contributed by atoms with van der Waals surface area (Å²) in [5, 5.41) is 10.2. The van der Waals surface area contributed by atoms with Gasteiger partial charge in [0.25, 0.3) is 0 Å². The summed E-state index contributed by atoms with van der Waals surface area (Å²) in [5.41, 5.74) is 5.24. The highest BCUT2D eigenvalue weighted by atomic mass is 16.3. The molecule has 2 aromatic rings. The molecule has 0 spiro atoms. The van der Waals surface area contributed by atoms with Crippen molar-refractivity contribution in [2.24, 2.45) is 0 Å². The van der Waals surface area contributed by atoms with E-state index in [4.69, 9.17) is 0 Å². The molecule has 118 valence electrons. The van der Waals surface area contributed by atoms with Gasteiger partial charge in [-0.15, -0.1) is 0 Å². The topological polar surface area (TPSA) is 20.2 Å². The molecule has 0 aromatic heterocycles. The van der Waals surface area contributed by atoms with E-state index in [-0.39, 0.29) is 10.8 Å². The number of phenolic OH excluding ortho intramolecular Hbond substituents is 1. The third kappa shape index (κ3) is 3.52. The van der Waals surface area contributed by atoms with Crippen LogP contribution in [0.2, 0.25) is 0 Å². The van der Waals surface area contributed by atoms with Crippen molar-refractivity contribution in [2.75, 3.05) is 0 Å². The van der Waals surface area contributed by atoms with Crippen LogP contribution in [0.25, 0.3) is 0 Å². The third-order valence-electron chi connectivity index (χ3n) is 4.15. The van der Waals surface area contributed by atoms with Gasteiger partial charge in [-0.3, -0.25) is 0 Å². The van der Waals surface area contributed by atoms with Gasteiger partial charge in [-0.1, -0.05) is 77.9 Å². The van der Waals surface area contributed by atoms with Crippen molar-refractivity contribution in [3.8, 4) is 5.75 Å². The van der Waals surface area contributed by atoms with Crippen molar-refractivity contribution in [2.45, 2.75) is 58.8 Å². The standard InChI is InChI=1S/C21H28O/c1-20(2,3)17-11-9-12-18(21(4,5)6)16(17)14-15-10-7-8-13-19(15)22/h7-13,22H,14H2,1-6H3. The molecule has 0 fully saturated rings. The molecule has 0 aliphatic heterocycles. The molecule has 1 heteroatoms. The van der Waals surface area contributed by atoms with Crippen molar-refractivity contribution < 1.29 is 5.11 Å². The molecular weight excluding hydrogens is 268 g/mol. The Bertz CT molecular complexity index is 622. The van der Waals surface area contributed by atoms with Crippen molar-refractivity contribution in [3.05, 3.63) is 64.7 Å². The van der Waals surface area contributed by atoms with Crippen LogP contribution >= 0.6 is 0 Å². The molecule has 2 rings (SSSR count). The fourth-order valence-electron chi connectivity index (χ4n) is 3.03. The second-order valence-corrected chi connectivity index (χ2v) is 8.14. The summed E-state index contributed by atoms with van der Waals surface area (Å²) >= 11 is 0. The molecular formula is C21H28O. The predicted octanol–water partition coefficient (Wildman–Crippen LogP) is 5.58. The van der Waals surface area contributed by atoms with Crippen LogP contribution in [0.3, 0.4) is 0 Å². The molecule has 0 bridgehead atoms. The van der Waals surface area contributed by atoms with Crippen LogP contribution in [0.4, 0.5) is 0 Å². The Morgan fingerprint density at radius 3 is 1.68 bits per heavy atom. The highest BCUT2D eigenvalue weighted by molar-refractivity contribution is 5.47. The monoisotopic (exact) mass is 296 g/mol. The lowest BCUT2D eigenvalue weighted by atomic mass is 9.75. The highest BCUT2D eigenvalue weighted by Gasteiger charge is 2.25. The number of aromatic hydroxyl groups is 1. The molecule has 0 aliphatic rings. The molecule has 0 amide bonds. The van der Waals surface area contributed by atoms with Gasteiger partial charge < -0.3 is 5.11 Å². The maximum absolute atomic E-state index is 10.2. The zero-order valence-electron chi connectivity index (χ0n) is 14.7. The normalized spacial score (nSPS) is 12.5. The highest BCUT2D eigenvalue weighted by Crippen LogP contribution is 2.36. The van der Waals surface area contributed by atoms with E-state index in [2.05, 4.69) is 59.7 Å². The summed E-state index contributed by atoms with van der Waals surface area (Å²) in [6, 6.07) is 14.3. The van der Waals surface area contributed by atoms with Crippen LogP contribution in [0.15, 0.2) is 42.5 Å². The van der Waals surface area contributed by atoms with Gasteiger partial charge in [-0.2, -0.15) is 0 Å². The maximum Gasteiger partial charge on any atom is 0.119 e. The first-order valence-electron chi connectivity index (χ1n) is 8.00. The van der Waals surface area contributed by atoms with E-state index in [1.54, 1.807) is 6.07 Å². The molecule has 0 atom stereocenters. The van der Waals surface area contributed by atoms with Crippen LogP contribution in [-0.2, 0) is 17.3 Å². The minimum atomic E-state index is 0.0843. The van der Waals surface area contributed by atoms with Gasteiger partial charge in [0.2, 0.25) is 0 Å². The van der Waals surface area contributed by atoms with Crippen molar-refractivity contribution >= 4 is 0 Å². The van der Waals surface area contributed by atoms with Gasteiger partial charge >= 0.3 is 0 Å². The molecule has 1 nitrogen and oxygen atoms in total. The SMILES string of the molecule is CC(C)(C)c1cccc(C(C)(C)C)c1Cc1ccccc1O. The first kappa shape index (κ1) is 16.6. The van der Waals surface area contributed by atoms with Gasteiger partial charge in [-0.05, 0) is 39.2 Å². The summed E-state index contributed by atoms with van der Waals surface area (Å²) in [4.78, 5) is 0. The number of rotatable bonds is 2. The largest absolute Gasteiger partial charge is 0.508 e. The van der Waals surface area contributed by atoms with Gasteiger partial charge in [0.15, 0.2) is 0 Å². The van der Waals surface area contributed by atoms with Crippen LogP contribution in [0.5, 0.6) is 5.75 Å². The zero-order valence-corrected chi connectivity index (χ0v) is 14.7. The smallest absolute Gasteiger partial charge is 0.119 e. The number of para-hydroxylation sites is 1. The van der Waals surface area contributed by atoms with Crippen LogP contribution in [0.1, 0.15) is 63.8 Å². The maximum atomic E-state index is 10.2.